The maximum absolute atomic E-state index is 14.3. The molecule has 0 aromatic heterocycles. The van der Waals surface area contributed by atoms with Gasteiger partial charge in [0.2, 0.25) is 5.91 Å². The van der Waals surface area contributed by atoms with Crippen molar-refractivity contribution in [3.05, 3.63) is 58.9 Å². The number of carbonyl (C=O) groups is 1. The van der Waals surface area contributed by atoms with Crippen LogP contribution < -0.4 is 14.8 Å². The number of ether oxygens (including phenoxy) is 2. The van der Waals surface area contributed by atoms with E-state index in [0.29, 0.717) is 42.5 Å². The maximum Gasteiger partial charge on any atom is 0.220 e. The zero-order valence-electron chi connectivity index (χ0n) is 18.2. The van der Waals surface area contributed by atoms with Gasteiger partial charge in [0, 0.05) is 31.6 Å². The van der Waals surface area contributed by atoms with Crippen molar-refractivity contribution in [3.63, 3.8) is 0 Å². The number of nitrogens with one attached hydrogen (secondary N) is 1. The lowest BCUT2D eigenvalue weighted by atomic mass is 9.91. The van der Waals surface area contributed by atoms with Crippen LogP contribution in [0.5, 0.6) is 11.5 Å². The van der Waals surface area contributed by atoms with Crippen LogP contribution in [0.1, 0.15) is 43.0 Å². The average Bonchev–Trinajstić information content (AvgIpc) is 2.72. The van der Waals surface area contributed by atoms with E-state index >= 15 is 0 Å². The highest BCUT2D eigenvalue weighted by Crippen LogP contribution is 2.38. The maximum atomic E-state index is 14.3. The van der Waals surface area contributed by atoms with Crippen LogP contribution >= 0.6 is 0 Å². The summed E-state index contributed by atoms with van der Waals surface area (Å²) in [5, 5.41) is 3.07. The molecule has 6 heteroatoms. The predicted molar refractivity (Wildman–Crippen MR) is 115 cm³/mol. The van der Waals surface area contributed by atoms with Gasteiger partial charge in [-0.25, -0.2) is 4.39 Å². The Balaban J connectivity index is 1.91. The number of rotatable bonds is 8. The largest absolute Gasteiger partial charge is 0.493 e. The molecule has 3 rings (SSSR count). The van der Waals surface area contributed by atoms with Crippen molar-refractivity contribution in [1.82, 2.24) is 10.2 Å². The van der Waals surface area contributed by atoms with Crippen LogP contribution in [-0.4, -0.2) is 38.1 Å². The van der Waals surface area contributed by atoms with E-state index in [-0.39, 0.29) is 17.8 Å². The van der Waals surface area contributed by atoms with Crippen molar-refractivity contribution in [2.24, 2.45) is 5.92 Å². The van der Waals surface area contributed by atoms with Gasteiger partial charge in [0.1, 0.15) is 5.82 Å². The van der Waals surface area contributed by atoms with Crippen LogP contribution in [0, 0.1) is 11.7 Å². The molecule has 5 nitrogen and oxygen atoms in total. The molecule has 0 saturated heterocycles. The molecule has 2 aromatic rings. The Morgan fingerprint density at radius 1 is 1.20 bits per heavy atom. The summed E-state index contributed by atoms with van der Waals surface area (Å²) in [5.74, 6) is 1.47. The molecular weight excluding hydrogens is 383 g/mol. The third kappa shape index (κ3) is 5.11. The summed E-state index contributed by atoms with van der Waals surface area (Å²) >= 11 is 0. The van der Waals surface area contributed by atoms with Gasteiger partial charge in [-0.05, 0) is 41.7 Å². The van der Waals surface area contributed by atoms with E-state index in [1.165, 1.54) is 11.6 Å². The first-order valence-electron chi connectivity index (χ1n) is 10.4. The van der Waals surface area contributed by atoms with Gasteiger partial charge in [0.25, 0.3) is 0 Å². The molecule has 162 valence electrons. The Bertz CT molecular complexity index is 885. The fourth-order valence-corrected chi connectivity index (χ4v) is 4.01. The summed E-state index contributed by atoms with van der Waals surface area (Å²) in [5.41, 5.74) is 2.90. The normalized spacial score (nSPS) is 16.3. The first-order chi connectivity index (χ1) is 14.4. The van der Waals surface area contributed by atoms with Gasteiger partial charge in [-0.3, -0.25) is 9.69 Å². The Labute approximate surface area is 178 Å². The minimum atomic E-state index is -0.210. The quantitative estimate of drug-likeness (QED) is 0.707. The SMILES string of the molecule is COc1cc2c(cc1OC)[C@@H](CNC(=O)CC(C)C)N(Cc1ccccc1F)CC2. The Morgan fingerprint density at radius 2 is 1.90 bits per heavy atom. The first kappa shape index (κ1) is 22.1. The molecule has 0 aliphatic carbocycles. The van der Waals surface area contributed by atoms with Crippen molar-refractivity contribution >= 4 is 5.91 Å². The van der Waals surface area contributed by atoms with Gasteiger partial charge in [0.15, 0.2) is 11.5 Å². The van der Waals surface area contributed by atoms with Gasteiger partial charge in [-0.15, -0.1) is 0 Å². The Hall–Kier alpha value is -2.60. The van der Waals surface area contributed by atoms with Gasteiger partial charge >= 0.3 is 0 Å². The summed E-state index contributed by atoms with van der Waals surface area (Å²) in [6, 6.07) is 10.8. The number of methoxy groups -OCH3 is 2. The third-order valence-corrected chi connectivity index (χ3v) is 5.53. The fraction of sp³-hybridized carbons (Fsp3) is 0.458. The third-order valence-electron chi connectivity index (χ3n) is 5.53. The van der Waals surface area contributed by atoms with Crippen molar-refractivity contribution in [2.45, 2.75) is 39.3 Å². The number of hydrogen-bond donors (Lipinski definition) is 1. The van der Waals surface area contributed by atoms with Gasteiger partial charge in [-0.2, -0.15) is 0 Å². The summed E-state index contributed by atoms with van der Waals surface area (Å²) in [7, 11) is 3.24. The molecule has 0 spiro atoms. The van der Waals surface area contributed by atoms with Crippen LogP contribution in [-0.2, 0) is 17.8 Å². The second-order valence-electron chi connectivity index (χ2n) is 8.14. The molecule has 1 amide bonds. The van der Waals surface area contributed by atoms with E-state index in [9.17, 15) is 9.18 Å². The highest BCUT2D eigenvalue weighted by Gasteiger charge is 2.30. The van der Waals surface area contributed by atoms with E-state index in [1.807, 2.05) is 38.1 Å². The van der Waals surface area contributed by atoms with Crippen molar-refractivity contribution in [3.8, 4) is 11.5 Å². The lowest BCUT2D eigenvalue weighted by Crippen LogP contribution is -2.42. The van der Waals surface area contributed by atoms with Crippen molar-refractivity contribution in [1.29, 1.82) is 0 Å². The number of benzene rings is 2. The molecule has 1 aliphatic rings. The predicted octanol–water partition coefficient (Wildman–Crippen LogP) is 4.10. The van der Waals surface area contributed by atoms with E-state index in [2.05, 4.69) is 10.2 Å². The molecule has 0 bridgehead atoms. The second-order valence-corrected chi connectivity index (χ2v) is 8.14. The Morgan fingerprint density at radius 3 is 2.57 bits per heavy atom. The average molecular weight is 415 g/mol. The Kier molecular flexibility index (Phi) is 7.32. The molecule has 1 N–H and O–H groups in total. The molecule has 1 atom stereocenters. The van der Waals surface area contributed by atoms with Crippen molar-refractivity contribution in [2.75, 3.05) is 27.3 Å². The molecule has 1 aliphatic heterocycles. The molecule has 30 heavy (non-hydrogen) atoms. The molecule has 0 radical (unpaired) electrons. The topological polar surface area (TPSA) is 50.8 Å². The number of nitrogens with zero attached hydrogens (tertiary/aromatic N) is 1. The molecule has 1 heterocycles. The zero-order valence-corrected chi connectivity index (χ0v) is 18.2. The van der Waals surface area contributed by atoms with Gasteiger partial charge in [0.05, 0.1) is 20.3 Å². The zero-order chi connectivity index (χ0) is 21.7. The monoisotopic (exact) mass is 414 g/mol. The van der Waals surface area contributed by atoms with Crippen molar-refractivity contribution < 1.29 is 18.7 Å². The fourth-order valence-electron chi connectivity index (χ4n) is 4.01. The van der Waals surface area contributed by atoms with Gasteiger partial charge in [-0.1, -0.05) is 32.0 Å². The summed E-state index contributed by atoms with van der Waals surface area (Å²) in [4.78, 5) is 14.5. The molecule has 0 unspecified atom stereocenters. The number of halogens is 1. The number of amides is 1. The van der Waals surface area contributed by atoms with Crippen LogP contribution in [0.25, 0.3) is 0 Å². The molecule has 2 aromatic carbocycles. The minimum absolute atomic E-state index is 0.0310. The van der Waals surface area contributed by atoms with E-state index in [4.69, 9.17) is 9.47 Å². The molecule has 0 fully saturated rings. The second kappa shape index (κ2) is 9.94. The smallest absolute Gasteiger partial charge is 0.220 e. The van der Waals surface area contributed by atoms with Crippen LogP contribution in [0.15, 0.2) is 36.4 Å². The van der Waals surface area contributed by atoms with Crippen LogP contribution in [0.2, 0.25) is 0 Å². The number of carbonyl (C=O) groups excluding carboxylic acids is 1. The summed E-state index contributed by atoms with van der Waals surface area (Å²) < 4.78 is 25.3. The number of fused-ring (bicyclic) bond motifs is 1. The summed E-state index contributed by atoms with van der Waals surface area (Å²) in [6.45, 7) is 5.75. The van der Waals surface area contributed by atoms with E-state index < -0.39 is 0 Å². The van der Waals surface area contributed by atoms with Gasteiger partial charge < -0.3 is 14.8 Å². The lowest BCUT2D eigenvalue weighted by molar-refractivity contribution is -0.122. The number of hydrogen-bond acceptors (Lipinski definition) is 4. The van der Waals surface area contributed by atoms with Crippen LogP contribution in [0.4, 0.5) is 4.39 Å². The molecular formula is C24H31FN2O3. The highest BCUT2D eigenvalue weighted by molar-refractivity contribution is 5.76. The minimum Gasteiger partial charge on any atom is -0.493 e. The lowest BCUT2D eigenvalue weighted by Gasteiger charge is -2.38. The first-order valence-corrected chi connectivity index (χ1v) is 10.4. The van der Waals surface area contributed by atoms with E-state index in [0.717, 1.165) is 18.5 Å². The highest BCUT2D eigenvalue weighted by atomic mass is 19.1. The summed E-state index contributed by atoms with van der Waals surface area (Å²) in [6.07, 6.45) is 1.30. The standard InChI is InChI=1S/C24H31FN2O3/c1-16(2)11-24(28)26-14-21-19-13-23(30-4)22(29-3)12-17(19)9-10-27(21)15-18-7-5-6-8-20(18)25/h5-8,12-13,16,21H,9-11,14-15H2,1-4H3,(H,26,28)/t21-/m1/s1. The van der Waals surface area contributed by atoms with Crippen LogP contribution in [0.3, 0.4) is 0 Å². The molecule has 0 saturated carbocycles. The van der Waals surface area contributed by atoms with E-state index in [1.54, 1.807) is 20.3 Å².